The molecule has 20 heteroatoms. The summed E-state index contributed by atoms with van der Waals surface area (Å²) in [6, 6.07) is 48.6. The zero-order valence-corrected chi connectivity index (χ0v) is 44.5. The van der Waals surface area contributed by atoms with Gasteiger partial charge in [-0.1, -0.05) is 103 Å². The van der Waals surface area contributed by atoms with Crippen LogP contribution in [0.5, 0.6) is 0 Å². The van der Waals surface area contributed by atoms with E-state index in [0.717, 1.165) is 39.9 Å². The van der Waals surface area contributed by atoms with Crippen LogP contribution < -0.4 is 28.3 Å². The highest BCUT2D eigenvalue weighted by molar-refractivity contribution is 6.33. The number of nitrogens with zero attached hydrogens (tertiary/aromatic N) is 2. The lowest BCUT2D eigenvalue weighted by atomic mass is 9.81. The van der Waals surface area contributed by atoms with E-state index in [1.807, 2.05) is 82.5 Å². The SMILES string of the molecule is CC1=CC(=C/C=C/C2=[N+](c3ccccc3)c3ccccc3C2(C)C)C=C(C)O1.CC1=CC(=CC=[NH+]c2ccccc2)C=C(C)O1.CC1=[N+](c2ccccc2)c2ccccc2C1(C)C.FB(F)F.FB(F)F.FB(F)F.[F-].[F-].[F-]. The smallest absolute Gasteiger partial charge is 0.762 e. The number of fused-ring (bicyclic) bond motifs is 2. The Labute approximate surface area is 450 Å². The Morgan fingerprint density at radius 2 is 0.769 bits per heavy atom. The van der Waals surface area contributed by atoms with E-state index in [2.05, 4.69) is 188 Å². The van der Waals surface area contributed by atoms with E-state index in [-0.39, 0.29) is 24.9 Å². The zero-order valence-electron chi connectivity index (χ0n) is 44.5. The van der Waals surface area contributed by atoms with Gasteiger partial charge in [0.2, 0.25) is 28.4 Å². The van der Waals surface area contributed by atoms with Crippen LogP contribution in [0.1, 0.15) is 73.4 Å². The molecule has 0 spiro atoms. The van der Waals surface area contributed by atoms with Crippen molar-refractivity contribution in [3.63, 3.8) is 0 Å². The molecular weight excluding hydrogens is 1030 g/mol. The van der Waals surface area contributed by atoms with Crippen LogP contribution in [0.3, 0.4) is 0 Å². The molecular formula is C58H60B3F12N3O2. The van der Waals surface area contributed by atoms with Gasteiger partial charge in [0.25, 0.3) is 0 Å². The molecule has 0 radical (unpaired) electrons. The number of hydrogen-bond donors (Lipinski definition) is 1. The summed E-state index contributed by atoms with van der Waals surface area (Å²) in [5.74, 6) is 3.69. The predicted molar refractivity (Wildman–Crippen MR) is 293 cm³/mol. The van der Waals surface area contributed by atoms with Gasteiger partial charge in [-0.3, -0.25) is 38.8 Å². The Balaban J connectivity index is 0.000000534. The minimum Gasteiger partial charge on any atom is -1.00 e. The van der Waals surface area contributed by atoms with Gasteiger partial charge in [-0.15, -0.1) is 0 Å². The fraction of sp³-hybridized carbons (Fsp3) is 0.190. The van der Waals surface area contributed by atoms with Gasteiger partial charge in [0.1, 0.15) is 23.0 Å². The van der Waals surface area contributed by atoms with Crippen molar-refractivity contribution in [2.75, 3.05) is 0 Å². The molecule has 0 aromatic heterocycles. The van der Waals surface area contributed by atoms with Crippen molar-refractivity contribution < 1.29 is 67.4 Å². The van der Waals surface area contributed by atoms with Crippen LogP contribution >= 0.6 is 0 Å². The second-order valence-corrected chi connectivity index (χ2v) is 17.9. The van der Waals surface area contributed by atoms with Gasteiger partial charge in [-0.2, -0.15) is 9.15 Å². The Morgan fingerprint density at radius 3 is 1.19 bits per heavy atom. The fourth-order valence-corrected chi connectivity index (χ4v) is 8.50. The third-order valence-corrected chi connectivity index (χ3v) is 11.8. The minimum absolute atomic E-state index is 0. The van der Waals surface area contributed by atoms with E-state index in [1.54, 1.807) is 0 Å². The molecule has 9 rings (SSSR count). The van der Waals surface area contributed by atoms with E-state index in [0.29, 0.717) is 0 Å². The van der Waals surface area contributed by atoms with Gasteiger partial charge in [0, 0.05) is 78.7 Å². The van der Waals surface area contributed by atoms with Crippen molar-refractivity contribution in [3.8, 4) is 0 Å². The third kappa shape index (κ3) is 20.7. The van der Waals surface area contributed by atoms with Crippen molar-refractivity contribution in [2.45, 2.75) is 73.1 Å². The van der Waals surface area contributed by atoms with Gasteiger partial charge in [0.05, 0.1) is 10.8 Å². The summed E-state index contributed by atoms with van der Waals surface area (Å²) in [5, 5.41) is 0. The Hall–Kier alpha value is -7.76. The van der Waals surface area contributed by atoms with E-state index in [9.17, 15) is 38.8 Å². The first-order chi connectivity index (χ1) is 35.5. The largest absolute Gasteiger partial charge is 1.00 e. The molecule has 0 saturated heterocycles. The molecule has 5 aromatic carbocycles. The second kappa shape index (κ2) is 32.7. The van der Waals surface area contributed by atoms with Crippen molar-refractivity contribution >= 4 is 68.7 Å². The van der Waals surface area contributed by atoms with Crippen LogP contribution in [0.25, 0.3) is 0 Å². The zero-order chi connectivity index (χ0) is 55.3. The number of halogens is 12. The van der Waals surface area contributed by atoms with Crippen molar-refractivity contribution in [1.29, 1.82) is 0 Å². The number of benzene rings is 5. The topological polar surface area (TPSA) is 38.4 Å². The highest BCUT2D eigenvalue weighted by atomic mass is 19.4. The van der Waals surface area contributed by atoms with E-state index < -0.39 is 22.6 Å². The molecule has 0 unspecified atom stereocenters. The highest BCUT2D eigenvalue weighted by Crippen LogP contribution is 2.43. The van der Waals surface area contributed by atoms with E-state index >= 15 is 0 Å². The maximum Gasteiger partial charge on any atom is 0.762 e. The number of nitrogens with one attached hydrogen (secondary N) is 1. The molecule has 4 aliphatic heterocycles. The first-order valence-corrected chi connectivity index (χ1v) is 23.7. The van der Waals surface area contributed by atoms with Gasteiger partial charge >= 0.3 is 22.6 Å². The van der Waals surface area contributed by atoms with Gasteiger partial charge in [0.15, 0.2) is 17.6 Å². The first kappa shape index (κ1) is 68.3. The van der Waals surface area contributed by atoms with Gasteiger partial charge in [-0.05, 0) is 90.8 Å². The monoisotopic (exact) mass is 1090 g/mol. The molecule has 4 aliphatic rings. The molecule has 4 heterocycles. The molecule has 0 atom stereocenters. The van der Waals surface area contributed by atoms with Crippen LogP contribution in [0, 0.1) is 0 Å². The maximum atomic E-state index is 9.67. The van der Waals surface area contributed by atoms with E-state index in [4.69, 9.17) is 9.47 Å². The fourth-order valence-electron chi connectivity index (χ4n) is 8.50. The molecule has 78 heavy (non-hydrogen) atoms. The normalized spacial score (nSPS) is 14.7. The van der Waals surface area contributed by atoms with Crippen LogP contribution in [-0.2, 0) is 20.3 Å². The average Bonchev–Trinajstić information content (AvgIpc) is 3.69. The molecule has 0 aliphatic carbocycles. The highest BCUT2D eigenvalue weighted by Gasteiger charge is 2.45. The minimum atomic E-state index is -3.67. The van der Waals surface area contributed by atoms with E-state index in [1.165, 1.54) is 45.3 Å². The summed E-state index contributed by atoms with van der Waals surface area (Å²) in [4.78, 5) is 3.22. The van der Waals surface area contributed by atoms with Crippen LogP contribution in [0.2, 0.25) is 0 Å². The molecule has 0 amide bonds. The van der Waals surface area contributed by atoms with Crippen LogP contribution in [0.15, 0.2) is 222 Å². The predicted octanol–water partition coefficient (Wildman–Crippen LogP) is 6.73. The summed E-state index contributed by atoms with van der Waals surface area (Å²) in [5.41, 5.74) is 13.8. The molecule has 5 nitrogen and oxygen atoms in total. The average molecular weight is 1090 g/mol. The standard InChI is InChI=1S/C26H26NO.C17H18N.C15H15NO.3BF3.3FH/c1-19-17-21(18-20(2)28-19)11-10-16-25-26(3,4)23-14-8-9-15-24(23)27(25)22-12-6-5-7-13-22;1-13-17(2,3)15-11-7-8-12-16(15)18(13)14-9-5-4-6-10-14;1-12-10-14(11-13(2)17-12)8-9-16-15-6-4-3-5-7-15;3*2-1(3)4;;;/h5-18H,1-4H3;4-12H,1-3H3;3-11H,1-2H3;;;;3*1H/q2*+1;;;;;;;/p-2/b16-10+;;;;;;;;. The lowest BCUT2D eigenvalue weighted by Gasteiger charge is -2.15. The molecule has 0 bridgehead atoms. The molecule has 5 aromatic rings. The second-order valence-electron chi connectivity index (χ2n) is 17.9. The quantitative estimate of drug-likeness (QED) is 0.0888. The molecule has 0 fully saturated rings. The lowest BCUT2D eigenvalue weighted by molar-refractivity contribution is -0.346. The number of ether oxygens (including phenoxy) is 2. The summed E-state index contributed by atoms with van der Waals surface area (Å²) >= 11 is 0. The Kier molecular flexibility index (Phi) is 28.7. The number of hydrogen-bond acceptors (Lipinski definition) is 2. The van der Waals surface area contributed by atoms with Crippen LogP contribution in [0.4, 0.5) is 67.3 Å². The van der Waals surface area contributed by atoms with Gasteiger partial charge < -0.3 is 23.6 Å². The summed E-state index contributed by atoms with van der Waals surface area (Å²) in [6.45, 7) is 19.3. The maximum absolute atomic E-state index is 9.67. The summed E-state index contributed by atoms with van der Waals surface area (Å²) in [6.07, 6.45) is 18.6. The molecule has 1 N–H and O–H groups in total. The lowest BCUT2D eigenvalue weighted by Crippen LogP contribution is -3.00. The number of rotatable bonds is 6. The Bertz CT molecular complexity index is 2950. The van der Waals surface area contributed by atoms with Crippen molar-refractivity contribution in [1.82, 2.24) is 9.15 Å². The van der Waals surface area contributed by atoms with Crippen molar-refractivity contribution in [2.24, 2.45) is 0 Å². The summed E-state index contributed by atoms with van der Waals surface area (Å²) in [7, 11) is -11.0. The van der Waals surface area contributed by atoms with Crippen LogP contribution in [-0.4, -0.2) is 40.3 Å². The number of para-hydroxylation sites is 5. The third-order valence-electron chi connectivity index (χ3n) is 11.8. The molecule has 412 valence electrons. The Morgan fingerprint density at radius 1 is 0.436 bits per heavy atom. The van der Waals surface area contributed by atoms with Gasteiger partial charge in [-0.25, -0.2) is 4.99 Å². The first-order valence-electron chi connectivity index (χ1n) is 23.7. The molecule has 0 saturated carbocycles. The summed E-state index contributed by atoms with van der Waals surface area (Å²) < 4.78 is 103. The number of allylic oxidation sites excluding steroid dienone is 14. The van der Waals surface area contributed by atoms with Crippen molar-refractivity contribution in [3.05, 3.63) is 233 Å².